The lowest BCUT2D eigenvalue weighted by atomic mass is 10.1. The van der Waals surface area contributed by atoms with Crippen LogP contribution >= 0.6 is 11.5 Å². The number of nitrogens with zero attached hydrogens (tertiary/aromatic N) is 5. The minimum atomic E-state index is -0.570. The molecule has 1 N–H and O–H groups in total. The van der Waals surface area contributed by atoms with Gasteiger partial charge in [0.05, 0.1) is 12.0 Å². The summed E-state index contributed by atoms with van der Waals surface area (Å²) in [6.45, 7) is 0.329. The molecule has 0 saturated heterocycles. The monoisotopic (exact) mass is 436 g/mol. The number of aromatic nitrogens is 4. The maximum Gasteiger partial charge on any atom is 0.373 e. The summed E-state index contributed by atoms with van der Waals surface area (Å²) in [6.07, 6.45) is 1.21. The van der Waals surface area contributed by atoms with E-state index in [9.17, 15) is 10.1 Å². The highest BCUT2D eigenvalue weighted by Gasteiger charge is 2.25. The predicted molar refractivity (Wildman–Crippen MR) is 114 cm³/mol. The minimum absolute atomic E-state index is 0.0660. The summed E-state index contributed by atoms with van der Waals surface area (Å²) < 4.78 is 14.6. The molecule has 31 heavy (non-hydrogen) atoms. The van der Waals surface area contributed by atoms with Gasteiger partial charge in [-0.25, -0.2) is 4.98 Å². The molecular weight excluding hydrogens is 420 g/mol. The van der Waals surface area contributed by atoms with E-state index in [1.165, 1.54) is 17.9 Å². The number of hydrogen-bond acceptors (Lipinski definition) is 10. The van der Waals surface area contributed by atoms with Crippen molar-refractivity contribution in [3.8, 4) is 28.6 Å². The van der Waals surface area contributed by atoms with E-state index >= 15 is 0 Å². The van der Waals surface area contributed by atoms with Gasteiger partial charge in [-0.2, -0.15) is 4.98 Å². The average molecular weight is 436 g/mol. The number of methoxy groups -OCH3 is 1. The Morgan fingerprint density at radius 1 is 1.06 bits per heavy atom. The number of anilines is 1. The third kappa shape index (κ3) is 4.73. The molecule has 10 nitrogen and oxygen atoms in total. The van der Waals surface area contributed by atoms with Crippen molar-refractivity contribution in [2.24, 2.45) is 0 Å². The van der Waals surface area contributed by atoms with Crippen LogP contribution in [0, 0.1) is 10.1 Å². The molecule has 0 aliphatic rings. The molecule has 0 bridgehead atoms. The molecule has 0 spiro atoms. The molecule has 0 atom stereocenters. The van der Waals surface area contributed by atoms with Gasteiger partial charge in [0, 0.05) is 17.5 Å². The van der Waals surface area contributed by atoms with Gasteiger partial charge in [0.2, 0.25) is 5.82 Å². The highest BCUT2D eigenvalue weighted by atomic mass is 32.1. The zero-order valence-corrected chi connectivity index (χ0v) is 17.1. The summed E-state index contributed by atoms with van der Waals surface area (Å²) in [5.74, 6) is 0.944. The highest BCUT2D eigenvalue weighted by molar-refractivity contribution is 7.03. The van der Waals surface area contributed by atoms with Crippen molar-refractivity contribution >= 4 is 23.0 Å². The summed E-state index contributed by atoms with van der Waals surface area (Å²) in [5, 5.41) is 20.6. The molecule has 0 radical (unpaired) electrons. The van der Waals surface area contributed by atoms with Crippen molar-refractivity contribution in [3.63, 3.8) is 0 Å². The maximum atomic E-state index is 11.7. The summed E-state index contributed by atoms with van der Waals surface area (Å²) in [4.78, 5) is 19.1. The Bertz CT molecular complexity index is 1170. The second kappa shape index (κ2) is 9.13. The number of ether oxygens (including phenoxy) is 2. The molecule has 0 fully saturated rings. The highest BCUT2D eigenvalue weighted by Crippen LogP contribution is 2.34. The first kappa shape index (κ1) is 20.2. The Morgan fingerprint density at radius 2 is 1.81 bits per heavy atom. The van der Waals surface area contributed by atoms with Gasteiger partial charge in [-0.3, -0.25) is 10.1 Å². The molecule has 4 rings (SSSR count). The van der Waals surface area contributed by atoms with Crippen molar-refractivity contribution in [3.05, 3.63) is 75.9 Å². The lowest BCUT2D eigenvalue weighted by Gasteiger charge is -2.10. The number of nitro groups is 1. The van der Waals surface area contributed by atoms with Crippen LogP contribution in [0.1, 0.15) is 5.56 Å². The molecule has 2 aromatic heterocycles. The van der Waals surface area contributed by atoms with E-state index in [-0.39, 0.29) is 17.4 Å². The molecule has 0 aliphatic carbocycles. The molecule has 0 aliphatic heterocycles. The molecule has 0 saturated carbocycles. The summed E-state index contributed by atoms with van der Waals surface area (Å²) in [7, 11) is 1.55. The fraction of sp³-hybridized carbons (Fsp3) is 0.100. The SMILES string of the molecule is COc1ccc(Oc2ncnc(NCc3ccc(-c4csnn4)cc3)c2[N+](=O)[O-])cc1. The second-order valence-corrected chi connectivity index (χ2v) is 6.86. The van der Waals surface area contributed by atoms with Crippen LogP contribution in [-0.4, -0.2) is 31.6 Å². The van der Waals surface area contributed by atoms with Crippen LogP contribution in [0.3, 0.4) is 0 Å². The summed E-state index contributed by atoms with van der Waals surface area (Å²) in [5.41, 5.74) is 2.32. The Kier molecular flexibility index (Phi) is 5.94. The Balaban J connectivity index is 1.51. The zero-order valence-electron chi connectivity index (χ0n) is 16.3. The van der Waals surface area contributed by atoms with Crippen molar-refractivity contribution < 1.29 is 14.4 Å². The predicted octanol–water partition coefficient (Wildman–Crippen LogP) is 4.32. The topological polar surface area (TPSA) is 125 Å². The first-order chi connectivity index (χ1) is 15.1. The van der Waals surface area contributed by atoms with Crippen LogP contribution in [-0.2, 0) is 6.54 Å². The summed E-state index contributed by atoms with van der Waals surface area (Å²) >= 11 is 1.28. The second-order valence-electron chi connectivity index (χ2n) is 6.25. The fourth-order valence-corrected chi connectivity index (χ4v) is 3.22. The van der Waals surface area contributed by atoms with Gasteiger partial charge in [0.1, 0.15) is 23.5 Å². The van der Waals surface area contributed by atoms with E-state index < -0.39 is 4.92 Å². The van der Waals surface area contributed by atoms with Crippen LogP contribution in [0.4, 0.5) is 11.5 Å². The van der Waals surface area contributed by atoms with Crippen LogP contribution in [0.2, 0.25) is 0 Å². The van der Waals surface area contributed by atoms with E-state index in [4.69, 9.17) is 9.47 Å². The van der Waals surface area contributed by atoms with Crippen LogP contribution in [0.25, 0.3) is 11.3 Å². The Morgan fingerprint density at radius 3 is 2.45 bits per heavy atom. The van der Waals surface area contributed by atoms with Crippen molar-refractivity contribution in [1.29, 1.82) is 0 Å². The van der Waals surface area contributed by atoms with Crippen LogP contribution < -0.4 is 14.8 Å². The maximum absolute atomic E-state index is 11.7. The first-order valence-electron chi connectivity index (χ1n) is 9.05. The van der Waals surface area contributed by atoms with E-state index in [2.05, 4.69) is 24.9 Å². The molecule has 0 amide bonds. The average Bonchev–Trinajstić information content (AvgIpc) is 3.33. The molecule has 156 valence electrons. The Labute approximate surface area is 180 Å². The number of hydrogen-bond donors (Lipinski definition) is 1. The number of nitrogens with one attached hydrogen (secondary N) is 1. The normalized spacial score (nSPS) is 10.5. The number of rotatable bonds is 8. The molecule has 11 heteroatoms. The van der Waals surface area contributed by atoms with E-state index in [0.29, 0.717) is 18.0 Å². The van der Waals surface area contributed by atoms with Gasteiger partial charge in [0.15, 0.2) is 0 Å². The zero-order chi connectivity index (χ0) is 21.6. The van der Waals surface area contributed by atoms with Crippen molar-refractivity contribution in [1.82, 2.24) is 19.6 Å². The van der Waals surface area contributed by atoms with Gasteiger partial charge in [-0.05, 0) is 41.4 Å². The van der Waals surface area contributed by atoms with Crippen molar-refractivity contribution in [2.75, 3.05) is 12.4 Å². The van der Waals surface area contributed by atoms with E-state index in [1.807, 2.05) is 29.6 Å². The van der Waals surface area contributed by atoms with Gasteiger partial charge in [-0.1, -0.05) is 28.8 Å². The number of benzene rings is 2. The third-order valence-corrected chi connectivity index (χ3v) is 4.82. The Hall–Kier alpha value is -4.12. The van der Waals surface area contributed by atoms with E-state index in [0.717, 1.165) is 16.8 Å². The summed E-state index contributed by atoms with van der Waals surface area (Å²) in [6, 6.07) is 14.3. The quantitative estimate of drug-likeness (QED) is 0.317. The van der Waals surface area contributed by atoms with Gasteiger partial charge in [0.25, 0.3) is 0 Å². The molecule has 2 heterocycles. The first-order valence-corrected chi connectivity index (χ1v) is 9.89. The van der Waals surface area contributed by atoms with E-state index in [1.54, 1.807) is 31.4 Å². The van der Waals surface area contributed by atoms with Gasteiger partial charge >= 0.3 is 11.6 Å². The lowest BCUT2D eigenvalue weighted by molar-refractivity contribution is -0.385. The molecule has 2 aromatic carbocycles. The van der Waals surface area contributed by atoms with Crippen LogP contribution in [0.5, 0.6) is 17.4 Å². The van der Waals surface area contributed by atoms with Gasteiger partial charge in [-0.15, -0.1) is 5.10 Å². The molecular formula is C20H16N6O4S. The smallest absolute Gasteiger partial charge is 0.373 e. The standard InChI is InChI=1S/C20H16N6O4S/c1-29-15-6-8-16(9-7-15)30-20-18(26(27)28)19(22-12-23-20)21-10-13-2-4-14(5-3-13)17-11-31-25-24-17/h2-9,11-12H,10H2,1H3,(H,21,22,23). The largest absolute Gasteiger partial charge is 0.497 e. The molecule has 4 aromatic rings. The minimum Gasteiger partial charge on any atom is -0.497 e. The molecule has 0 unspecified atom stereocenters. The fourth-order valence-electron chi connectivity index (χ4n) is 2.76. The van der Waals surface area contributed by atoms with Crippen LogP contribution in [0.15, 0.2) is 60.2 Å². The third-order valence-electron chi connectivity index (χ3n) is 4.31. The van der Waals surface area contributed by atoms with Crippen molar-refractivity contribution in [2.45, 2.75) is 6.54 Å². The lowest BCUT2D eigenvalue weighted by Crippen LogP contribution is -2.07. The van der Waals surface area contributed by atoms with Gasteiger partial charge < -0.3 is 14.8 Å².